The molecule has 2 aliphatic rings. The number of aromatic nitrogens is 2. The van der Waals surface area contributed by atoms with Gasteiger partial charge >= 0.3 is 0 Å². The van der Waals surface area contributed by atoms with E-state index in [1.165, 1.54) is 50.3 Å². The van der Waals surface area contributed by atoms with Crippen LogP contribution >= 0.6 is 0 Å². The molecule has 2 aromatic heterocycles. The van der Waals surface area contributed by atoms with Gasteiger partial charge in [0.25, 0.3) is 0 Å². The molecule has 6 heteroatoms. The molecule has 0 spiro atoms. The van der Waals surface area contributed by atoms with E-state index in [0.29, 0.717) is 26.6 Å². The molecule has 63 heavy (non-hydrogen) atoms. The number of benzene rings is 5. The Bertz CT molecular complexity index is 2890. The van der Waals surface area contributed by atoms with Crippen LogP contribution in [0.2, 0.25) is 0 Å². The summed E-state index contributed by atoms with van der Waals surface area (Å²) >= 11 is 0. The topological polar surface area (TPSA) is 27.1 Å². The Hall–Kier alpha value is -4.54. The average Bonchev–Trinajstić information content (AvgIpc) is 3.71. The summed E-state index contributed by atoms with van der Waals surface area (Å²) in [6, 6.07) is 44.1. The van der Waals surface area contributed by atoms with Crippen molar-refractivity contribution in [1.82, 2.24) is 18.7 Å². The summed E-state index contributed by atoms with van der Waals surface area (Å²) in [5.74, 6) is 2.73. The Morgan fingerprint density at radius 3 is 1.92 bits per heavy atom. The van der Waals surface area contributed by atoms with Gasteiger partial charge < -0.3 is 9.30 Å². The van der Waals surface area contributed by atoms with Crippen LogP contribution in [0.4, 0.5) is 22.7 Å². The fraction of sp³-hybridized carbons (Fsp3) is 0.368. The number of hydrogen-bond donors (Lipinski definition) is 0. The zero-order valence-corrected chi connectivity index (χ0v) is 42.2. The summed E-state index contributed by atoms with van der Waals surface area (Å²) in [7, 11) is 0. The van der Waals surface area contributed by atoms with E-state index in [-0.39, 0.29) is 42.7 Å². The van der Waals surface area contributed by atoms with Crippen LogP contribution in [0, 0.1) is 18.8 Å². The molecule has 2 aliphatic heterocycles. The number of fused-ring (bicyclic) bond motifs is 7. The minimum absolute atomic E-state index is 0. The molecule has 1 saturated heterocycles. The second kappa shape index (κ2) is 15.3. The van der Waals surface area contributed by atoms with E-state index in [9.17, 15) is 0 Å². The van der Waals surface area contributed by atoms with Gasteiger partial charge in [0.05, 0.1) is 5.69 Å². The first-order valence-electron chi connectivity index (χ1n) is 22.8. The average molecular weight is 1020 g/mol. The summed E-state index contributed by atoms with van der Waals surface area (Å²) in [4.78, 5) is 4.96. The molecule has 7 aromatic rings. The van der Waals surface area contributed by atoms with Gasteiger partial charge in [-0.05, 0) is 86.3 Å². The SMILES string of the molecule is CCC(CC)c1cccc([N@+]23[CH-][N+]2(c2[c-]c(Oc4[c-]c5c(cc4)c4cc(C(C)(C)C)ccc4n5-c4cc(C(C)(C)C)ccn4)cc(C(C)(C)C)c2)c2cc(C(C)(C)C)ccc23)c1.[Pt]. The van der Waals surface area contributed by atoms with Crippen LogP contribution in [0.15, 0.2) is 103 Å². The first-order chi connectivity index (χ1) is 29.1. The molecule has 0 N–H and O–H groups in total. The molecule has 0 radical (unpaired) electrons. The van der Waals surface area contributed by atoms with Gasteiger partial charge in [-0.3, -0.25) is 0 Å². The monoisotopic (exact) mass is 1020 g/mol. The first-order valence-corrected chi connectivity index (χ1v) is 22.8. The van der Waals surface area contributed by atoms with Crippen molar-refractivity contribution >= 4 is 44.6 Å². The molecule has 9 rings (SSSR count). The smallest absolute Gasteiger partial charge is 0.225 e. The molecule has 330 valence electrons. The van der Waals surface area contributed by atoms with Gasteiger partial charge in [0.2, 0.25) is 11.4 Å². The summed E-state index contributed by atoms with van der Waals surface area (Å²) in [6.07, 6.45) is 4.18. The van der Waals surface area contributed by atoms with Crippen LogP contribution in [0.3, 0.4) is 0 Å². The number of ether oxygens (including phenoxy) is 1. The predicted octanol–water partition coefficient (Wildman–Crippen LogP) is 16.0. The Balaban J connectivity index is 0.00000544. The van der Waals surface area contributed by atoms with Crippen LogP contribution in [-0.4, -0.2) is 9.55 Å². The zero-order chi connectivity index (χ0) is 44.4. The van der Waals surface area contributed by atoms with Crippen molar-refractivity contribution < 1.29 is 25.8 Å². The van der Waals surface area contributed by atoms with Crippen molar-refractivity contribution in [2.45, 2.75) is 137 Å². The minimum atomic E-state index is -0.142. The maximum atomic E-state index is 7.00. The number of nitrogens with zero attached hydrogens (tertiary/aromatic N) is 4. The molecule has 2 atom stereocenters. The molecule has 5 aromatic carbocycles. The summed E-state index contributed by atoms with van der Waals surface area (Å²) < 4.78 is 10.5. The quantitative estimate of drug-likeness (QED) is 0.0862. The summed E-state index contributed by atoms with van der Waals surface area (Å²) in [5.41, 5.74) is 13.3. The molecule has 4 heterocycles. The van der Waals surface area contributed by atoms with Crippen LogP contribution in [0.5, 0.6) is 11.5 Å². The Morgan fingerprint density at radius 1 is 0.603 bits per heavy atom. The van der Waals surface area contributed by atoms with Gasteiger partial charge in [0.1, 0.15) is 5.82 Å². The first kappa shape index (κ1) is 45.0. The van der Waals surface area contributed by atoms with Crippen LogP contribution < -0.4 is 13.9 Å². The fourth-order valence-electron chi connectivity index (χ4n) is 9.70. The number of quaternary nitrogens is 2. The van der Waals surface area contributed by atoms with Crippen molar-refractivity contribution in [3.63, 3.8) is 0 Å². The maximum Gasteiger partial charge on any atom is 0.225 e. The third-order valence-electron chi connectivity index (χ3n) is 13.7. The van der Waals surface area contributed by atoms with E-state index in [0.717, 1.165) is 40.8 Å². The minimum Gasteiger partial charge on any atom is -0.509 e. The molecular formula is C57H65N4OPt-. The van der Waals surface area contributed by atoms with Crippen LogP contribution in [0.25, 0.3) is 27.6 Å². The van der Waals surface area contributed by atoms with Gasteiger partial charge in [0, 0.05) is 68.5 Å². The fourth-order valence-corrected chi connectivity index (χ4v) is 9.70. The molecule has 1 fully saturated rings. The van der Waals surface area contributed by atoms with Gasteiger partial charge in [-0.25, -0.2) is 9.58 Å². The normalized spacial score (nSPS) is 18.5. The molecule has 0 saturated carbocycles. The van der Waals surface area contributed by atoms with Gasteiger partial charge in [-0.2, -0.15) is 10.7 Å². The van der Waals surface area contributed by atoms with Gasteiger partial charge in [-0.1, -0.05) is 139 Å². The summed E-state index contributed by atoms with van der Waals surface area (Å²) in [6.45, 7) is 34.4. The van der Waals surface area contributed by atoms with E-state index in [2.05, 4.69) is 217 Å². The van der Waals surface area contributed by atoms with E-state index < -0.39 is 0 Å². The van der Waals surface area contributed by atoms with Gasteiger partial charge in [0.15, 0.2) is 12.4 Å². The maximum absolute atomic E-state index is 7.00. The van der Waals surface area contributed by atoms with E-state index in [4.69, 9.17) is 9.72 Å². The molecule has 1 unspecified atom stereocenters. The molecule has 0 amide bonds. The number of pyridine rings is 1. The molecule has 5 nitrogen and oxygen atoms in total. The van der Waals surface area contributed by atoms with E-state index in [1.54, 1.807) is 0 Å². The third kappa shape index (κ3) is 7.31. The Kier molecular flexibility index (Phi) is 10.9. The summed E-state index contributed by atoms with van der Waals surface area (Å²) in [5, 5.41) is 2.30. The predicted molar refractivity (Wildman–Crippen MR) is 261 cm³/mol. The van der Waals surface area contributed by atoms with Crippen molar-refractivity contribution in [3.05, 3.63) is 150 Å². The van der Waals surface area contributed by atoms with Crippen molar-refractivity contribution in [2.24, 2.45) is 0 Å². The second-order valence-corrected chi connectivity index (χ2v) is 22.1. The Labute approximate surface area is 391 Å². The Morgan fingerprint density at radius 2 is 1.25 bits per heavy atom. The molecule has 0 aliphatic carbocycles. The largest absolute Gasteiger partial charge is 0.509 e. The van der Waals surface area contributed by atoms with Crippen molar-refractivity contribution in [2.75, 3.05) is 0 Å². The number of rotatable bonds is 8. The molecular weight excluding hydrogens is 952 g/mol. The van der Waals surface area contributed by atoms with Crippen LogP contribution in [-0.2, 0) is 42.7 Å². The third-order valence-corrected chi connectivity index (χ3v) is 13.7. The van der Waals surface area contributed by atoms with Crippen molar-refractivity contribution in [1.29, 1.82) is 0 Å². The number of hydrogen-bond acceptors (Lipinski definition) is 2. The van der Waals surface area contributed by atoms with E-state index in [1.807, 2.05) is 6.20 Å². The second-order valence-electron chi connectivity index (χ2n) is 22.1. The van der Waals surface area contributed by atoms with Crippen molar-refractivity contribution in [3.8, 4) is 17.3 Å². The van der Waals surface area contributed by atoms with E-state index >= 15 is 0 Å². The molecule has 0 bridgehead atoms. The van der Waals surface area contributed by atoms with Gasteiger partial charge in [-0.15, -0.1) is 35.2 Å². The van der Waals surface area contributed by atoms with Crippen LogP contribution in [0.1, 0.15) is 144 Å². The zero-order valence-electron chi connectivity index (χ0n) is 39.9. The standard InChI is InChI=1S/C57H65N4O.Pt/c1-15-37(16-2)38-18-17-19-43(28-38)60-36-61(60,52-32-40(55(6,7)8)21-25-51(52)60)44-29-42(57(12,13)14)30-46(34-44)62-45-22-23-47-48-31-39(54(3,4)5)20-24-49(48)59(50(47)35-45)53-33-41(26-27-58-53)56(9,10)11;/h17-33,36-37H,15-16H2,1-14H3;/q-1;/t60-,61?;/m0./s1.